The first kappa shape index (κ1) is 14.1. The monoisotopic (exact) mass is 273 g/mol. The van der Waals surface area contributed by atoms with Gasteiger partial charge >= 0.3 is 0 Å². The number of halogens is 1. The van der Waals surface area contributed by atoms with Gasteiger partial charge in [-0.05, 0) is 36.6 Å². The van der Waals surface area contributed by atoms with Crippen molar-refractivity contribution < 1.29 is 0 Å². The van der Waals surface area contributed by atoms with Crippen molar-refractivity contribution in [2.45, 2.75) is 25.3 Å². The van der Waals surface area contributed by atoms with Gasteiger partial charge in [-0.3, -0.25) is 0 Å². The third kappa shape index (κ3) is 2.83. The Hall–Kier alpha value is -1.31. The molecule has 2 atom stereocenters. The molecule has 2 heteroatoms. The second kappa shape index (κ2) is 6.23. The Morgan fingerprint density at radius 1 is 0.947 bits per heavy atom. The van der Waals surface area contributed by atoms with Crippen LogP contribution in [0, 0.1) is 0 Å². The number of hydrogen-bond donors (Lipinski definition) is 1. The molecule has 1 aliphatic rings. The van der Waals surface area contributed by atoms with Gasteiger partial charge in [0.25, 0.3) is 0 Å². The summed E-state index contributed by atoms with van der Waals surface area (Å²) in [5, 5.41) is 3.64. The molecule has 2 aromatic carbocycles. The first-order valence-electron chi connectivity index (χ1n) is 6.72. The van der Waals surface area contributed by atoms with Gasteiger partial charge in [0.1, 0.15) is 0 Å². The van der Waals surface area contributed by atoms with E-state index in [4.69, 9.17) is 0 Å². The van der Waals surface area contributed by atoms with E-state index in [1.54, 1.807) is 0 Å². The Bertz CT molecular complexity index is 524. The molecule has 0 bridgehead atoms. The van der Waals surface area contributed by atoms with E-state index in [0.29, 0.717) is 12.0 Å². The van der Waals surface area contributed by atoms with Gasteiger partial charge in [-0.15, -0.1) is 12.4 Å². The number of hydrogen-bond acceptors (Lipinski definition) is 1. The Morgan fingerprint density at radius 2 is 1.63 bits per heavy atom. The standard InChI is InChI=1S/C17H19N.ClH/c1-13-17(15-8-3-2-4-9-15)16-10-6-5-7-14(16)11-12-18-13;/h2-10,13,17-18H,11-12H2,1H3;1H. The third-order valence-corrected chi connectivity index (χ3v) is 3.91. The van der Waals surface area contributed by atoms with Crippen LogP contribution in [0.1, 0.15) is 29.5 Å². The van der Waals surface area contributed by atoms with E-state index in [-0.39, 0.29) is 12.4 Å². The minimum atomic E-state index is 0. The number of benzene rings is 2. The van der Waals surface area contributed by atoms with E-state index >= 15 is 0 Å². The van der Waals surface area contributed by atoms with E-state index in [2.05, 4.69) is 66.8 Å². The van der Waals surface area contributed by atoms with E-state index in [1.807, 2.05) is 0 Å². The average molecular weight is 274 g/mol. The number of fused-ring (bicyclic) bond motifs is 1. The van der Waals surface area contributed by atoms with Gasteiger partial charge in [0, 0.05) is 12.0 Å². The summed E-state index contributed by atoms with van der Waals surface area (Å²) >= 11 is 0. The van der Waals surface area contributed by atoms with Gasteiger partial charge in [-0.25, -0.2) is 0 Å². The fourth-order valence-corrected chi connectivity index (χ4v) is 3.02. The van der Waals surface area contributed by atoms with Crippen LogP contribution in [0.4, 0.5) is 0 Å². The topological polar surface area (TPSA) is 12.0 Å². The maximum atomic E-state index is 3.64. The molecule has 3 rings (SSSR count). The summed E-state index contributed by atoms with van der Waals surface area (Å²) in [6.07, 6.45) is 1.13. The highest BCUT2D eigenvalue weighted by atomic mass is 35.5. The summed E-state index contributed by atoms with van der Waals surface area (Å²) in [6, 6.07) is 20.2. The zero-order valence-corrected chi connectivity index (χ0v) is 12.0. The van der Waals surface area contributed by atoms with Crippen LogP contribution in [0.3, 0.4) is 0 Å². The summed E-state index contributed by atoms with van der Waals surface area (Å²) in [6.45, 7) is 3.36. The first-order chi connectivity index (χ1) is 8.86. The lowest BCUT2D eigenvalue weighted by Gasteiger charge is -2.24. The van der Waals surface area contributed by atoms with Crippen LogP contribution < -0.4 is 5.32 Å². The zero-order chi connectivity index (χ0) is 12.4. The van der Waals surface area contributed by atoms with E-state index in [9.17, 15) is 0 Å². The lowest BCUT2D eigenvalue weighted by molar-refractivity contribution is 0.521. The number of nitrogens with one attached hydrogen (secondary N) is 1. The summed E-state index contributed by atoms with van der Waals surface area (Å²) < 4.78 is 0. The predicted molar refractivity (Wildman–Crippen MR) is 83.1 cm³/mol. The van der Waals surface area contributed by atoms with Crippen molar-refractivity contribution in [3.63, 3.8) is 0 Å². The van der Waals surface area contributed by atoms with Gasteiger partial charge in [0.15, 0.2) is 0 Å². The van der Waals surface area contributed by atoms with Gasteiger partial charge in [-0.2, -0.15) is 0 Å². The highest BCUT2D eigenvalue weighted by Gasteiger charge is 2.25. The maximum absolute atomic E-state index is 3.64. The molecule has 0 saturated carbocycles. The quantitative estimate of drug-likeness (QED) is 0.834. The Labute approximate surface area is 121 Å². The molecule has 0 amide bonds. The second-order valence-electron chi connectivity index (χ2n) is 5.08. The minimum Gasteiger partial charge on any atom is -0.313 e. The Kier molecular flexibility index (Phi) is 4.62. The summed E-state index contributed by atoms with van der Waals surface area (Å²) in [5.74, 6) is 0.463. The average Bonchev–Trinajstić information content (AvgIpc) is 2.58. The van der Waals surface area contributed by atoms with E-state index in [1.165, 1.54) is 16.7 Å². The highest BCUT2D eigenvalue weighted by molar-refractivity contribution is 5.85. The van der Waals surface area contributed by atoms with Crippen molar-refractivity contribution in [1.29, 1.82) is 0 Å². The molecule has 1 nitrogen and oxygen atoms in total. The van der Waals surface area contributed by atoms with Crippen LogP contribution in [0.25, 0.3) is 0 Å². The molecule has 0 saturated heterocycles. The van der Waals surface area contributed by atoms with Gasteiger partial charge in [-0.1, -0.05) is 54.6 Å². The van der Waals surface area contributed by atoms with Crippen LogP contribution in [0.2, 0.25) is 0 Å². The molecule has 2 unspecified atom stereocenters. The molecular formula is C17H20ClN. The summed E-state index contributed by atoms with van der Waals surface area (Å²) in [5.41, 5.74) is 4.39. The van der Waals surface area contributed by atoms with Gasteiger partial charge < -0.3 is 5.32 Å². The van der Waals surface area contributed by atoms with Gasteiger partial charge in [0.2, 0.25) is 0 Å². The summed E-state index contributed by atoms with van der Waals surface area (Å²) in [7, 11) is 0. The SMILES string of the molecule is CC1NCCc2ccccc2C1c1ccccc1.Cl. The molecule has 0 aromatic heterocycles. The molecule has 1 heterocycles. The molecule has 0 fully saturated rings. The number of rotatable bonds is 1. The van der Waals surface area contributed by atoms with Crippen LogP contribution in [-0.4, -0.2) is 12.6 Å². The van der Waals surface area contributed by atoms with Crippen molar-refractivity contribution in [1.82, 2.24) is 5.32 Å². The fourth-order valence-electron chi connectivity index (χ4n) is 3.02. The van der Waals surface area contributed by atoms with Crippen LogP contribution in [-0.2, 0) is 6.42 Å². The Morgan fingerprint density at radius 3 is 2.42 bits per heavy atom. The van der Waals surface area contributed by atoms with E-state index in [0.717, 1.165) is 13.0 Å². The van der Waals surface area contributed by atoms with Crippen molar-refractivity contribution >= 4 is 12.4 Å². The predicted octanol–water partition coefficient (Wildman–Crippen LogP) is 3.77. The normalized spacial score (nSPS) is 21.9. The second-order valence-corrected chi connectivity index (χ2v) is 5.08. The molecule has 0 radical (unpaired) electrons. The van der Waals surface area contributed by atoms with E-state index < -0.39 is 0 Å². The smallest absolute Gasteiger partial charge is 0.0243 e. The molecule has 1 aliphatic heterocycles. The van der Waals surface area contributed by atoms with Crippen molar-refractivity contribution in [2.24, 2.45) is 0 Å². The Balaban J connectivity index is 0.00000133. The van der Waals surface area contributed by atoms with Crippen LogP contribution in [0.15, 0.2) is 54.6 Å². The van der Waals surface area contributed by atoms with Crippen molar-refractivity contribution in [3.8, 4) is 0 Å². The first-order valence-corrected chi connectivity index (χ1v) is 6.72. The lowest BCUT2D eigenvalue weighted by Crippen LogP contribution is -2.31. The molecular weight excluding hydrogens is 254 g/mol. The largest absolute Gasteiger partial charge is 0.313 e. The van der Waals surface area contributed by atoms with Gasteiger partial charge in [0.05, 0.1) is 0 Å². The molecule has 100 valence electrons. The fraction of sp³-hybridized carbons (Fsp3) is 0.294. The molecule has 2 aromatic rings. The van der Waals surface area contributed by atoms with Crippen molar-refractivity contribution in [2.75, 3.05) is 6.54 Å². The third-order valence-electron chi connectivity index (χ3n) is 3.91. The maximum Gasteiger partial charge on any atom is 0.0243 e. The van der Waals surface area contributed by atoms with Crippen molar-refractivity contribution in [3.05, 3.63) is 71.3 Å². The summed E-state index contributed by atoms with van der Waals surface area (Å²) in [4.78, 5) is 0. The minimum absolute atomic E-state index is 0. The zero-order valence-electron chi connectivity index (χ0n) is 11.2. The van der Waals surface area contributed by atoms with Crippen LogP contribution in [0.5, 0.6) is 0 Å². The molecule has 19 heavy (non-hydrogen) atoms. The molecule has 0 spiro atoms. The lowest BCUT2D eigenvalue weighted by atomic mass is 9.84. The van der Waals surface area contributed by atoms with Crippen LogP contribution >= 0.6 is 12.4 Å². The molecule has 0 aliphatic carbocycles. The molecule has 1 N–H and O–H groups in total. The highest BCUT2D eigenvalue weighted by Crippen LogP contribution is 2.32.